The summed E-state index contributed by atoms with van der Waals surface area (Å²) in [4.78, 5) is 4.05. The molecule has 0 aliphatic carbocycles. The zero-order valence-corrected chi connectivity index (χ0v) is 12.4. The van der Waals surface area contributed by atoms with Crippen molar-refractivity contribution in [2.45, 2.75) is 6.18 Å². The monoisotopic (exact) mass is 361 g/mol. The van der Waals surface area contributed by atoms with Gasteiger partial charge in [-0.05, 0) is 30.3 Å². The number of nitrogen functional groups attached to an aromatic ring is 1. The molecule has 21 heavy (non-hydrogen) atoms. The number of aromatic nitrogens is 1. The van der Waals surface area contributed by atoms with E-state index in [1.54, 1.807) is 12.1 Å². The van der Waals surface area contributed by atoms with Crippen LogP contribution in [0, 0.1) is 0 Å². The first-order valence-corrected chi connectivity index (χ1v) is 6.55. The molecule has 0 radical (unpaired) electrons. The summed E-state index contributed by atoms with van der Waals surface area (Å²) in [6, 6.07) is 6.92. The molecule has 2 rings (SSSR count). The second kappa shape index (κ2) is 5.80. The van der Waals surface area contributed by atoms with Gasteiger partial charge < -0.3 is 15.8 Å². The van der Waals surface area contributed by atoms with E-state index >= 15 is 0 Å². The molecule has 0 saturated carbocycles. The number of ether oxygens (including phenoxy) is 1. The summed E-state index contributed by atoms with van der Waals surface area (Å²) >= 11 is 2.88. The van der Waals surface area contributed by atoms with Crippen molar-refractivity contribution in [2.75, 3.05) is 18.2 Å². The largest absolute Gasteiger partial charge is 0.479 e. The van der Waals surface area contributed by atoms with Crippen LogP contribution in [0.3, 0.4) is 0 Å². The fraction of sp³-hybridized carbons (Fsp3) is 0.154. The summed E-state index contributed by atoms with van der Waals surface area (Å²) in [5.74, 6) is 0.532. The van der Waals surface area contributed by atoms with Gasteiger partial charge in [-0.3, -0.25) is 0 Å². The highest BCUT2D eigenvalue weighted by molar-refractivity contribution is 9.10. The van der Waals surface area contributed by atoms with Gasteiger partial charge in [-0.2, -0.15) is 18.2 Å². The molecule has 0 atom stereocenters. The number of methoxy groups -OCH3 is 1. The van der Waals surface area contributed by atoms with Crippen LogP contribution in [0.15, 0.2) is 34.8 Å². The Balaban J connectivity index is 2.32. The van der Waals surface area contributed by atoms with E-state index < -0.39 is 11.7 Å². The SMILES string of the molecule is COc1nc(Nc2ccc(Br)c(C(F)(F)F)c2)ccc1N. The van der Waals surface area contributed by atoms with Crippen molar-refractivity contribution in [3.63, 3.8) is 0 Å². The highest BCUT2D eigenvalue weighted by Crippen LogP contribution is 2.37. The molecule has 0 unspecified atom stereocenters. The molecule has 0 fully saturated rings. The third-order valence-electron chi connectivity index (χ3n) is 2.63. The number of hydrogen-bond acceptors (Lipinski definition) is 4. The van der Waals surface area contributed by atoms with Crippen molar-refractivity contribution < 1.29 is 17.9 Å². The zero-order chi connectivity index (χ0) is 15.6. The molecule has 0 aliphatic heterocycles. The third-order valence-corrected chi connectivity index (χ3v) is 3.32. The molecule has 2 aromatic rings. The van der Waals surface area contributed by atoms with Crippen LogP contribution >= 0.6 is 15.9 Å². The van der Waals surface area contributed by atoms with Gasteiger partial charge in [0, 0.05) is 10.2 Å². The van der Waals surface area contributed by atoms with E-state index in [4.69, 9.17) is 10.5 Å². The molecule has 0 bridgehead atoms. The van der Waals surface area contributed by atoms with Crippen molar-refractivity contribution in [2.24, 2.45) is 0 Å². The standard InChI is InChI=1S/C13H11BrF3N3O/c1-21-12-10(18)4-5-11(20-12)19-7-2-3-9(14)8(6-7)13(15,16)17/h2-6H,18H2,1H3,(H,19,20). The summed E-state index contributed by atoms with van der Waals surface area (Å²) in [5, 5.41) is 2.78. The summed E-state index contributed by atoms with van der Waals surface area (Å²) < 4.78 is 43.4. The number of nitrogens with two attached hydrogens (primary N) is 1. The minimum absolute atomic E-state index is 0.0246. The van der Waals surface area contributed by atoms with Crippen LogP contribution in [0.4, 0.5) is 30.4 Å². The zero-order valence-electron chi connectivity index (χ0n) is 10.8. The van der Waals surface area contributed by atoms with Crippen LogP contribution in [0.5, 0.6) is 5.88 Å². The van der Waals surface area contributed by atoms with E-state index in [0.717, 1.165) is 6.07 Å². The van der Waals surface area contributed by atoms with Gasteiger partial charge >= 0.3 is 6.18 Å². The Labute approximate surface area is 127 Å². The molecule has 1 aromatic carbocycles. The number of nitrogens with one attached hydrogen (secondary N) is 1. The molecule has 112 valence electrons. The maximum atomic E-state index is 12.8. The molecule has 0 aliphatic rings. The number of halogens is 4. The first-order valence-electron chi connectivity index (χ1n) is 5.75. The second-order valence-electron chi connectivity index (χ2n) is 4.11. The third kappa shape index (κ3) is 3.57. The number of alkyl halides is 3. The maximum Gasteiger partial charge on any atom is 0.417 e. The topological polar surface area (TPSA) is 60.2 Å². The molecule has 0 saturated heterocycles. The maximum absolute atomic E-state index is 12.8. The van der Waals surface area contributed by atoms with Gasteiger partial charge in [-0.25, -0.2) is 0 Å². The number of rotatable bonds is 3. The van der Waals surface area contributed by atoms with E-state index in [1.165, 1.54) is 19.2 Å². The molecule has 1 heterocycles. The van der Waals surface area contributed by atoms with Gasteiger partial charge in [-0.15, -0.1) is 0 Å². The summed E-state index contributed by atoms with van der Waals surface area (Å²) in [5.41, 5.74) is 5.45. The Morgan fingerprint density at radius 3 is 2.57 bits per heavy atom. The summed E-state index contributed by atoms with van der Waals surface area (Å²) in [6.07, 6.45) is -4.44. The predicted octanol–water partition coefficient (Wildman–Crippen LogP) is 4.20. The second-order valence-corrected chi connectivity index (χ2v) is 4.97. The Morgan fingerprint density at radius 1 is 1.24 bits per heavy atom. The lowest BCUT2D eigenvalue weighted by Gasteiger charge is -2.13. The van der Waals surface area contributed by atoms with Gasteiger partial charge in [0.2, 0.25) is 5.88 Å². The molecular weight excluding hydrogens is 351 g/mol. The number of nitrogens with zero attached hydrogens (tertiary/aromatic N) is 1. The lowest BCUT2D eigenvalue weighted by Crippen LogP contribution is -2.07. The van der Waals surface area contributed by atoms with Gasteiger partial charge in [0.05, 0.1) is 18.4 Å². The Kier molecular flexibility index (Phi) is 4.26. The van der Waals surface area contributed by atoms with E-state index in [0.29, 0.717) is 11.5 Å². The first-order chi connectivity index (χ1) is 9.81. The molecule has 3 N–H and O–H groups in total. The lowest BCUT2D eigenvalue weighted by molar-refractivity contribution is -0.138. The quantitative estimate of drug-likeness (QED) is 0.859. The van der Waals surface area contributed by atoms with E-state index in [9.17, 15) is 13.2 Å². The van der Waals surface area contributed by atoms with Crippen LogP contribution in [-0.2, 0) is 6.18 Å². The first kappa shape index (κ1) is 15.4. The molecule has 0 amide bonds. The fourth-order valence-corrected chi connectivity index (χ4v) is 2.12. The van der Waals surface area contributed by atoms with Crippen LogP contribution in [0.1, 0.15) is 5.56 Å². The van der Waals surface area contributed by atoms with Gasteiger partial charge in [0.1, 0.15) is 5.82 Å². The van der Waals surface area contributed by atoms with Crippen molar-refractivity contribution >= 4 is 33.1 Å². The van der Waals surface area contributed by atoms with Crippen LogP contribution < -0.4 is 15.8 Å². The highest BCUT2D eigenvalue weighted by Gasteiger charge is 2.33. The summed E-state index contributed by atoms with van der Waals surface area (Å²) in [6.45, 7) is 0. The minimum Gasteiger partial charge on any atom is -0.479 e. The number of hydrogen-bond donors (Lipinski definition) is 2. The van der Waals surface area contributed by atoms with Gasteiger partial charge in [0.25, 0.3) is 0 Å². The van der Waals surface area contributed by atoms with Crippen LogP contribution in [0.25, 0.3) is 0 Å². The predicted molar refractivity (Wildman–Crippen MR) is 77.6 cm³/mol. The Morgan fingerprint density at radius 2 is 1.95 bits per heavy atom. The molecule has 1 aromatic heterocycles. The molecule has 8 heteroatoms. The molecule has 0 spiro atoms. The van der Waals surface area contributed by atoms with E-state index in [2.05, 4.69) is 26.2 Å². The number of anilines is 3. The Bertz CT molecular complexity index is 662. The normalized spacial score (nSPS) is 11.3. The van der Waals surface area contributed by atoms with Gasteiger partial charge in [0.15, 0.2) is 0 Å². The average Bonchev–Trinajstić information content (AvgIpc) is 2.42. The average molecular weight is 362 g/mol. The summed E-state index contributed by atoms with van der Waals surface area (Å²) in [7, 11) is 1.41. The van der Waals surface area contributed by atoms with E-state index in [-0.39, 0.29) is 16.0 Å². The van der Waals surface area contributed by atoms with Crippen molar-refractivity contribution in [3.8, 4) is 5.88 Å². The van der Waals surface area contributed by atoms with Crippen molar-refractivity contribution in [1.29, 1.82) is 0 Å². The number of pyridine rings is 1. The smallest absolute Gasteiger partial charge is 0.417 e. The molecular formula is C13H11BrF3N3O. The number of benzene rings is 1. The van der Waals surface area contributed by atoms with Crippen molar-refractivity contribution in [3.05, 3.63) is 40.4 Å². The van der Waals surface area contributed by atoms with Crippen LogP contribution in [0.2, 0.25) is 0 Å². The Hall–Kier alpha value is -1.96. The highest BCUT2D eigenvalue weighted by atomic mass is 79.9. The molecule has 4 nitrogen and oxygen atoms in total. The lowest BCUT2D eigenvalue weighted by atomic mass is 10.2. The van der Waals surface area contributed by atoms with E-state index in [1.807, 2.05) is 0 Å². The minimum atomic E-state index is -4.44. The van der Waals surface area contributed by atoms with Gasteiger partial charge in [-0.1, -0.05) is 15.9 Å². The fourth-order valence-electron chi connectivity index (χ4n) is 1.65. The van der Waals surface area contributed by atoms with Crippen molar-refractivity contribution in [1.82, 2.24) is 4.98 Å². The van der Waals surface area contributed by atoms with Crippen LogP contribution in [-0.4, -0.2) is 12.1 Å².